The first-order valence-corrected chi connectivity index (χ1v) is 5.03. The van der Waals surface area contributed by atoms with Gasteiger partial charge in [-0.15, -0.1) is 5.10 Å². The van der Waals surface area contributed by atoms with Gasteiger partial charge in [-0.05, 0) is 12.1 Å². The van der Waals surface area contributed by atoms with Crippen molar-refractivity contribution in [1.82, 2.24) is 15.2 Å². The number of aromatic hydroxyl groups is 1. The number of hydrogen-bond acceptors (Lipinski definition) is 6. The second-order valence-corrected chi connectivity index (χ2v) is 3.28. The van der Waals surface area contributed by atoms with Crippen LogP contribution in [0.5, 0.6) is 11.5 Å². The molecule has 7 heteroatoms. The van der Waals surface area contributed by atoms with Crippen LogP contribution in [0, 0.1) is 0 Å². The van der Waals surface area contributed by atoms with Crippen LogP contribution in [0.25, 0.3) is 0 Å². The van der Waals surface area contributed by atoms with Crippen LogP contribution in [0.1, 0.15) is 10.4 Å². The molecule has 0 aliphatic heterocycles. The lowest BCUT2D eigenvalue weighted by Gasteiger charge is -2.08. The highest BCUT2D eigenvalue weighted by Gasteiger charge is 2.15. The maximum absolute atomic E-state index is 11.9. The zero-order chi connectivity index (χ0) is 13.0. The molecule has 0 aliphatic rings. The molecule has 1 aromatic heterocycles. The number of carbonyl (C=O) groups is 1. The first-order chi connectivity index (χ1) is 8.72. The summed E-state index contributed by atoms with van der Waals surface area (Å²) in [4.78, 5) is 15.7. The number of ether oxygens (including phenoxy) is 1. The van der Waals surface area contributed by atoms with E-state index in [0.717, 1.165) is 0 Å². The molecule has 1 aromatic carbocycles. The standard InChI is InChI=1S/C11H10N4O3/c1-18-8-4-2-3-7(9(8)16)10(17)14-11-12-5-6-13-15-11/h2-6,16H,1H3,(H,12,14,15,17). The summed E-state index contributed by atoms with van der Waals surface area (Å²) in [6.45, 7) is 0. The van der Waals surface area contributed by atoms with E-state index in [1.807, 2.05) is 0 Å². The van der Waals surface area contributed by atoms with Gasteiger partial charge in [0.15, 0.2) is 11.5 Å². The lowest BCUT2D eigenvalue weighted by molar-refractivity contribution is 0.102. The molecule has 1 amide bonds. The fourth-order valence-electron chi connectivity index (χ4n) is 1.34. The molecule has 2 aromatic rings. The fourth-order valence-corrected chi connectivity index (χ4v) is 1.34. The van der Waals surface area contributed by atoms with Crippen molar-refractivity contribution in [3.8, 4) is 11.5 Å². The molecule has 0 spiro atoms. The van der Waals surface area contributed by atoms with E-state index >= 15 is 0 Å². The Bertz CT molecular complexity index is 559. The number of phenols is 1. The second-order valence-electron chi connectivity index (χ2n) is 3.28. The largest absolute Gasteiger partial charge is 0.504 e. The summed E-state index contributed by atoms with van der Waals surface area (Å²) in [5, 5.41) is 19.4. The monoisotopic (exact) mass is 246 g/mol. The van der Waals surface area contributed by atoms with E-state index in [4.69, 9.17) is 4.74 Å². The first kappa shape index (κ1) is 11.8. The van der Waals surface area contributed by atoms with Gasteiger partial charge in [-0.1, -0.05) is 6.07 Å². The Kier molecular flexibility index (Phi) is 3.33. The van der Waals surface area contributed by atoms with Gasteiger partial charge in [0.2, 0.25) is 5.95 Å². The first-order valence-electron chi connectivity index (χ1n) is 5.03. The molecule has 0 unspecified atom stereocenters. The fraction of sp³-hybridized carbons (Fsp3) is 0.0909. The maximum Gasteiger partial charge on any atom is 0.261 e. The molecule has 0 saturated heterocycles. The van der Waals surface area contributed by atoms with Gasteiger partial charge >= 0.3 is 0 Å². The third kappa shape index (κ3) is 2.34. The number of carbonyl (C=O) groups excluding carboxylic acids is 1. The van der Waals surface area contributed by atoms with Gasteiger partial charge in [0.25, 0.3) is 5.91 Å². The van der Waals surface area contributed by atoms with E-state index in [-0.39, 0.29) is 23.0 Å². The van der Waals surface area contributed by atoms with E-state index in [0.29, 0.717) is 0 Å². The van der Waals surface area contributed by atoms with Crippen molar-refractivity contribution in [2.75, 3.05) is 12.4 Å². The maximum atomic E-state index is 11.9. The summed E-state index contributed by atoms with van der Waals surface area (Å²) in [7, 11) is 1.40. The summed E-state index contributed by atoms with van der Waals surface area (Å²) in [6.07, 6.45) is 2.78. The van der Waals surface area contributed by atoms with Crippen molar-refractivity contribution in [3.05, 3.63) is 36.2 Å². The van der Waals surface area contributed by atoms with Crippen molar-refractivity contribution in [3.63, 3.8) is 0 Å². The quantitative estimate of drug-likeness (QED) is 0.832. The van der Waals surface area contributed by atoms with E-state index in [1.54, 1.807) is 12.1 Å². The molecule has 1 heterocycles. The van der Waals surface area contributed by atoms with Crippen LogP contribution in [0.15, 0.2) is 30.6 Å². The van der Waals surface area contributed by atoms with E-state index in [9.17, 15) is 9.90 Å². The Balaban J connectivity index is 2.24. The van der Waals surface area contributed by atoms with Gasteiger partial charge in [0.1, 0.15) is 0 Å². The van der Waals surface area contributed by atoms with Gasteiger partial charge in [0.05, 0.1) is 25.1 Å². The number of benzene rings is 1. The van der Waals surface area contributed by atoms with Crippen molar-refractivity contribution in [1.29, 1.82) is 0 Å². The summed E-state index contributed by atoms with van der Waals surface area (Å²) < 4.78 is 4.91. The summed E-state index contributed by atoms with van der Waals surface area (Å²) in [5.74, 6) is -0.500. The Labute approximate surface area is 102 Å². The van der Waals surface area contributed by atoms with Crippen LogP contribution in [0.3, 0.4) is 0 Å². The molecule has 0 radical (unpaired) electrons. The molecule has 0 aliphatic carbocycles. The smallest absolute Gasteiger partial charge is 0.261 e. The lowest BCUT2D eigenvalue weighted by atomic mass is 10.1. The number of nitrogens with one attached hydrogen (secondary N) is 1. The lowest BCUT2D eigenvalue weighted by Crippen LogP contribution is -2.14. The minimum atomic E-state index is -0.542. The third-order valence-electron chi connectivity index (χ3n) is 2.17. The third-order valence-corrected chi connectivity index (χ3v) is 2.17. The van der Waals surface area contributed by atoms with Crippen molar-refractivity contribution < 1.29 is 14.6 Å². The Morgan fingerprint density at radius 2 is 2.22 bits per heavy atom. The number of amides is 1. The number of para-hydroxylation sites is 1. The highest BCUT2D eigenvalue weighted by molar-refractivity contribution is 6.05. The number of phenolic OH excluding ortho intramolecular Hbond substituents is 1. The molecule has 2 rings (SSSR count). The summed E-state index contributed by atoms with van der Waals surface area (Å²) in [6, 6.07) is 4.60. The molecule has 18 heavy (non-hydrogen) atoms. The normalized spacial score (nSPS) is 9.83. The van der Waals surface area contributed by atoms with Crippen molar-refractivity contribution in [2.45, 2.75) is 0 Å². The molecule has 92 valence electrons. The van der Waals surface area contributed by atoms with Crippen LogP contribution in [0.2, 0.25) is 0 Å². The highest BCUT2D eigenvalue weighted by Crippen LogP contribution is 2.29. The van der Waals surface area contributed by atoms with Crippen LogP contribution in [0.4, 0.5) is 5.95 Å². The average molecular weight is 246 g/mol. The number of rotatable bonds is 3. The number of anilines is 1. The number of nitrogens with zero attached hydrogens (tertiary/aromatic N) is 3. The van der Waals surface area contributed by atoms with Crippen molar-refractivity contribution in [2.24, 2.45) is 0 Å². The van der Waals surface area contributed by atoms with E-state index in [1.165, 1.54) is 25.6 Å². The summed E-state index contributed by atoms with van der Waals surface area (Å²) in [5.41, 5.74) is 0.0711. The zero-order valence-electron chi connectivity index (χ0n) is 9.49. The highest BCUT2D eigenvalue weighted by atomic mass is 16.5. The predicted molar refractivity (Wildman–Crippen MR) is 62.4 cm³/mol. The average Bonchev–Trinajstić information content (AvgIpc) is 2.40. The number of aromatic nitrogens is 3. The molecule has 0 bridgehead atoms. The predicted octanol–water partition coefficient (Wildman–Crippen LogP) is 0.838. The Morgan fingerprint density at radius 1 is 1.39 bits per heavy atom. The molecule has 7 nitrogen and oxygen atoms in total. The second kappa shape index (κ2) is 5.09. The van der Waals surface area contributed by atoms with E-state index < -0.39 is 5.91 Å². The number of methoxy groups -OCH3 is 1. The van der Waals surface area contributed by atoms with Gasteiger partial charge in [-0.25, -0.2) is 4.98 Å². The summed E-state index contributed by atoms with van der Waals surface area (Å²) >= 11 is 0. The van der Waals surface area contributed by atoms with Crippen molar-refractivity contribution >= 4 is 11.9 Å². The molecular formula is C11H10N4O3. The minimum absolute atomic E-state index is 0.0599. The van der Waals surface area contributed by atoms with E-state index in [2.05, 4.69) is 20.5 Å². The van der Waals surface area contributed by atoms with Gasteiger partial charge in [-0.2, -0.15) is 5.10 Å². The van der Waals surface area contributed by atoms with Crippen LogP contribution < -0.4 is 10.1 Å². The Hall–Kier alpha value is -2.70. The van der Waals surface area contributed by atoms with Crippen LogP contribution in [-0.4, -0.2) is 33.3 Å². The number of hydrogen-bond donors (Lipinski definition) is 2. The van der Waals surface area contributed by atoms with Crippen LogP contribution >= 0.6 is 0 Å². The molecule has 0 atom stereocenters. The SMILES string of the molecule is COc1cccc(C(=O)Nc2nccnn2)c1O. The van der Waals surface area contributed by atoms with Gasteiger partial charge in [-0.3, -0.25) is 10.1 Å². The zero-order valence-corrected chi connectivity index (χ0v) is 9.49. The topological polar surface area (TPSA) is 97.2 Å². The molecule has 0 saturated carbocycles. The molecule has 0 fully saturated rings. The van der Waals surface area contributed by atoms with Gasteiger partial charge < -0.3 is 9.84 Å². The minimum Gasteiger partial charge on any atom is -0.504 e. The molecular weight excluding hydrogens is 236 g/mol. The van der Waals surface area contributed by atoms with Crippen LogP contribution in [-0.2, 0) is 0 Å². The Morgan fingerprint density at radius 3 is 2.89 bits per heavy atom. The molecule has 2 N–H and O–H groups in total. The van der Waals surface area contributed by atoms with Gasteiger partial charge in [0, 0.05) is 0 Å².